The van der Waals surface area contributed by atoms with Crippen LogP contribution in [0.3, 0.4) is 0 Å². The summed E-state index contributed by atoms with van der Waals surface area (Å²) in [6, 6.07) is 15.6. The first-order valence-corrected chi connectivity index (χ1v) is 8.44. The SMILES string of the molecule is N=C1NC(=O)/C(=C\c2ccc(Sc3ccc(Cl)cc3)cc2)S1. The summed E-state index contributed by atoms with van der Waals surface area (Å²) >= 11 is 8.67. The molecule has 6 heteroatoms. The minimum Gasteiger partial charge on any atom is -0.301 e. The molecular formula is C16H11ClN2OS2. The smallest absolute Gasteiger partial charge is 0.264 e. The first-order valence-electron chi connectivity index (χ1n) is 6.43. The maximum atomic E-state index is 11.6. The summed E-state index contributed by atoms with van der Waals surface area (Å²) in [5.74, 6) is -0.213. The minimum absolute atomic E-state index is 0.172. The van der Waals surface area contributed by atoms with E-state index in [0.717, 1.165) is 32.1 Å². The highest BCUT2D eigenvalue weighted by Gasteiger charge is 2.21. The van der Waals surface area contributed by atoms with Crippen molar-refractivity contribution in [3.05, 3.63) is 64.0 Å². The van der Waals surface area contributed by atoms with Gasteiger partial charge in [-0.05, 0) is 59.8 Å². The number of rotatable bonds is 3. The van der Waals surface area contributed by atoms with Crippen molar-refractivity contribution in [2.45, 2.75) is 9.79 Å². The number of amidine groups is 1. The minimum atomic E-state index is -0.213. The summed E-state index contributed by atoms with van der Waals surface area (Å²) in [5, 5.41) is 10.8. The molecule has 1 saturated heterocycles. The Morgan fingerprint density at radius 1 is 1.05 bits per heavy atom. The van der Waals surface area contributed by atoms with E-state index >= 15 is 0 Å². The van der Waals surface area contributed by atoms with Crippen molar-refractivity contribution in [3.8, 4) is 0 Å². The Bertz CT molecular complexity index is 755. The Balaban J connectivity index is 1.73. The molecule has 2 aromatic carbocycles. The van der Waals surface area contributed by atoms with Crippen LogP contribution in [-0.2, 0) is 4.79 Å². The molecule has 0 aromatic heterocycles. The van der Waals surface area contributed by atoms with E-state index in [1.807, 2.05) is 48.5 Å². The Kier molecular flexibility index (Phi) is 4.57. The van der Waals surface area contributed by atoms with E-state index in [1.165, 1.54) is 0 Å². The zero-order valence-corrected chi connectivity index (χ0v) is 13.7. The quantitative estimate of drug-likeness (QED) is 0.797. The molecule has 0 atom stereocenters. The van der Waals surface area contributed by atoms with Gasteiger partial charge in [0.05, 0.1) is 4.91 Å². The number of hydrogen-bond acceptors (Lipinski definition) is 4. The Morgan fingerprint density at radius 3 is 2.18 bits per heavy atom. The van der Waals surface area contributed by atoms with Gasteiger partial charge in [-0.15, -0.1) is 0 Å². The molecule has 1 aliphatic heterocycles. The summed E-state index contributed by atoms with van der Waals surface area (Å²) in [6.45, 7) is 0. The topological polar surface area (TPSA) is 53.0 Å². The largest absolute Gasteiger partial charge is 0.301 e. The number of thioether (sulfide) groups is 1. The van der Waals surface area contributed by atoms with Gasteiger partial charge in [-0.3, -0.25) is 10.2 Å². The lowest BCUT2D eigenvalue weighted by Gasteiger charge is -2.02. The van der Waals surface area contributed by atoms with E-state index in [-0.39, 0.29) is 11.1 Å². The van der Waals surface area contributed by atoms with Gasteiger partial charge < -0.3 is 5.32 Å². The molecular weight excluding hydrogens is 336 g/mol. The first kappa shape index (κ1) is 15.2. The predicted molar refractivity (Wildman–Crippen MR) is 93.5 cm³/mol. The van der Waals surface area contributed by atoms with Crippen molar-refractivity contribution in [3.63, 3.8) is 0 Å². The third-order valence-corrected chi connectivity index (χ3v) is 4.99. The molecule has 3 nitrogen and oxygen atoms in total. The van der Waals surface area contributed by atoms with Gasteiger partial charge in [0.25, 0.3) is 5.91 Å². The molecule has 1 amide bonds. The molecule has 3 rings (SSSR count). The lowest BCUT2D eigenvalue weighted by Crippen LogP contribution is -2.18. The second-order valence-corrected chi connectivity index (χ2v) is 7.15. The monoisotopic (exact) mass is 346 g/mol. The van der Waals surface area contributed by atoms with Crippen molar-refractivity contribution in [2.24, 2.45) is 0 Å². The zero-order valence-electron chi connectivity index (χ0n) is 11.3. The zero-order chi connectivity index (χ0) is 15.5. The predicted octanol–water partition coefficient (Wildman–Crippen LogP) is 4.63. The van der Waals surface area contributed by atoms with Gasteiger partial charge in [-0.2, -0.15) is 0 Å². The average Bonchev–Trinajstić information content (AvgIpc) is 2.81. The molecule has 2 N–H and O–H groups in total. The van der Waals surface area contributed by atoms with E-state index in [0.29, 0.717) is 4.91 Å². The number of halogens is 1. The van der Waals surface area contributed by atoms with Crippen LogP contribution in [0.25, 0.3) is 6.08 Å². The van der Waals surface area contributed by atoms with Gasteiger partial charge in [0.1, 0.15) is 0 Å². The molecule has 0 radical (unpaired) electrons. The van der Waals surface area contributed by atoms with Crippen LogP contribution < -0.4 is 5.32 Å². The normalized spacial score (nSPS) is 16.1. The number of nitrogens with one attached hydrogen (secondary N) is 2. The van der Waals surface area contributed by atoms with Crippen molar-refractivity contribution in [1.29, 1.82) is 5.41 Å². The standard InChI is InChI=1S/C16H11ClN2OS2/c17-11-3-7-13(8-4-11)21-12-5-1-10(2-6-12)9-14-15(20)19-16(18)22-14/h1-9H,(H2,18,19,20)/b14-9+. The second kappa shape index (κ2) is 6.60. The summed E-state index contributed by atoms with van der Waals surface area (Å²) < 4.78 is 0. The molecule has 0 aliphatic carbocycles. The molecule has 2 aromatic rings. The third-order valence-electron chi connectivity index (χ3n) is 2.89. The van der Waals surface area contributed by atoms with Crippen LogP contribution in [0.15, 0.2) is 63.2 Å². The van der Waals surface area contributed by atoms with Gasteiger partial charge in [-0.1, -0.05) is 35.5 Å². The molecule has 0 unspecified atom stereocenters. The van der Waals surface area contributed by atoms with E-state index in [1.54, 1.807) is 17.8 Å². The fourth-order valence-corrected chi connectivity index (χ4v) is 3.51. The molecule has 0 saturated carbocycles. The highest BCUT2D eigenvalue weighted by Crippen LogP contribution is 2.30. The number of amides is 1. The Hall–Kier alpha value is -1.69. The summed E-state index contributed by atoms with van der Waals surface area (Å²) in [6.07, 6.45) is 1.79. The van der Waals surface area contributed by atoms with Crippen molar-refractivity contribution in [2.75, 3.05) is 0 Å². The fraction of sp³-hybridized carbons (Fsp3) is 0. The van der Waals surface area contributed by atoms with Crippen LogP contribution in [0.2, 0.25) is 5.02 Å². The van der Waals surface area contributed by atoms with Crippen LogP contribution in [0.4, 0.5) is 0 Å². The Morgan fingerprint density at radius 2 is 1.64 bits per heavy atom. The first-order chi connectivity index (χ1) is 10.6. The van der Waals surface area contributed by atoms with E-state index in [9.17, 15) is 4.79 Å². The number of hydrogen-bond donors (Lipinski definition) is 2. The number of carbonyl (C=O) groups is 1. The van der Waals surface area contributed by atoms with Crippen LogP contribution in [0.1, 0.15) is 5.56 Å². The fourth-order valence-electron chi connectivity index (χ4n) is 1.86. The number of benzene rings is 2. The van der Waals surface area contributed by atoms with Gasteiger partial charge in [-0.25, -0.2) is 0 Å². The second-order valence-electron chi connectivity index (χ2n) is 4.52. The van der Waals surface area contributed by atoms with E-state index in [2.05, 4.69) is 5.32 Å². The summed E-state index contributed by atoms with van der Waals surface area (Å²) in [7, 11) is 0. The van der Waals surface area contributed by atoms with Crippen LogP contribution >= 0.6 is 35.1 Å². The van der Waals surface area contributed by atoms with Gasteiger partial charge in [0.2, 0.25) is 0 Å². The van der Waals surface area contributed by atoms with Crippen molar-refractivity contribution in [1.82, 2.24) is 5.32 Å². The Labute approximate surface area is 141 Å². The van der Waals surface area contributed by atoms with Crippen LogP contribution in [0, 0.1) is 5.41 Å². The molecule has 0 spiro atoms. The average molecular weight is 347 g/mol. The van der Waals surface area contributed by atoms with Crippen LogP contribution in [-0.4, -0.2) is 11.1 Å². The van der Waals surface area contributed by atoms with Crippen molar-refractivity contribution >= 4 is 52.3 Å². The lowest BCUT2D eigenvalue weighted by atomic mass is 10.2. The van der Waals surface area contributed by atoms with Gasteiger partial charge >= 0.3 is 0 Å². The van der Waals surface area contributed by atoms with E-state index < -0.39 is 0 Å². The molecule has 1 heterocycles. The lowest BCUT2D eigenvalue weighted by molar-refractivity contribution is -0.115. The molecule has 0 bridgehead atoms. The third kappa shape index (κ3) is 3.74. The van der Waals surface area contributed by atoms with E-state index in [4.69, 9.17) is 17.0 Å². The van der Waals surface area contributed by atoms with Crippen LogP contribution in [0.5, 0.6) is 0 Å². The van der Waals surface area contributed by atoms with Crippen molar-refractivity contribution < 1.29 is 4.79 Å². The molecule has 1 aliphatic rings. The molecule has 22 heavy (non-hydrogen) atoms. The summed E-state index contributed by atoms with van der Waals surface area (Å²) in [4.78, 5) is 14.3. The van der Waals surface area contributed by atoms with Gasteiger partial charge in [0.15, 0.2) is 5.17 Å². The van der Waals surface area contributed by atoms with Gasteiger partial charge in [0, 0.05) is 14.8 Å². The summed E-state index contributed by atoms with van der Waals surface area (Å²) in [5.41, 5.74) is 0.938. The molecule has 110 valence electrons. The maximum absolute atomic E-state index is 11.6. The highest BCUT2D eigenvalue weighted by atomic mass is 35.5. The maximum Gasteiger partial charge on any atom is 0.264 e. The number of carbonyl (C=O) groups excluding carboxylic acids is 1. The molecule has 1 fully saturated rings. The highest BCUT2D eigenvalue weighted by molar-refractivity contribution is 8.18.